The molecule has 0 saturated heterocycles. The zero-order valence-corrected chi connectivity index (χ0v) is 11.3. The van der Waals surface area contributed by atoms with E-state index in [1.807, 2.05) is 13.0 Å². The summed E-state index contributed by atoms with van der Waals surface area (Å²) >= 11 is 0. The van der Waals surface area contributed by atoms with Crippen molar-refractivity contribution >= 4 is 5.91 Å². The molecule has 0 atom stereocenters. The predicted octanol–water partition coefficient (Wildman–Crippen LogP) is 1.43. The third kappa shape index (κ3) is 5.40. The van der Waals surface area contributed by atoms with Gasteiger partial charge in [0.1, 0.15) is 5.75 Å². The summed E-state index contributed by atoms with van der Waals surface area (Å²) in [6.45, 7) is 3.60. The zero-order chi connectivity index (χ0) is 14.1. The number of hydrogen-bond acceptors (Lipinski definition) is 4. The first-order valence-corrected chi connectivity index (χ1v) is 6.12. The lowest BCUT2D eigenvalue weighted by atomic mass is 10.2. The minimum atomic E-state index is -0.107. The van der Waals surface area contributed by atoms with Crippen LogP contribution in [0.25, 0.3) is 0 Å². The van der Waals surface area contributed by atoms with Crippen LogP contribution in [0.2, 0.25) is 0 Å². The Labute approximate surface area is 113 Å². The summed E-state index contributed by atoms with van der Waals surface area (Å²) in [5.74, 6) is 0.467. The Morgan fingerprint density at radius 2 is 2.05 bits per heavy atom. The quantitative estimate of drug-likeness (QED) is 0.697. The van der Waals surface area contributed by atoms with Gasteiger partial charge in [-0.3, -0.25) is 4.79 Å². The predicted molar refractivity (Wildman–Crippen MR) is 70.8 cm³/mol. The van der Waals surface area contributed by atoms with Gasteiger partial charge in [-0.15, -0.1) is 0 Å². The average Bonchev–Trinajstić information content (AvgIpc) is 2.45. The van der Waals surface area contributed by atoms with E-state index in [4.69, 9.17) is 14.7 Å². The molecular formula is C14H18N2O3. The van der Waals surface area contributed by atoms with Crippen LogP contribution in [-0.2, 0) is 9.53 Å². The van der Waals surface area contributed by atoms with Crippen LogP contribution in [0.1, 0.15) is 12.5 Å². The van der Waals surface area contributed by atoms with Gasteiger partial charge >= 0.3 is 0 Å². The van der Waals surface area contributed by atoms with Gasteiger partial charge in [0, 0.05) is 20.2 Å². The topological polar surface area (TPSA) is 62.6 Å². The van der Waals surface area contributed by atoms with E-state index < -0.39 is 0 Å². The second kappa shape index (κ2) is 8.11. The van der Waals surface area contributed by atoms with E-state index in [1.165, 1.54) is 0 Å². The molecule has 0 heterocycles. The maximum atomic E-state index is 11.7. The van der Waals surface area contributed by atoms with Crippen molar-refractivity contribution in [1.29, 1.82) is 5.26 Å². The summed E-state index contributed by atoms with van der Waals surface area (Å²) in [4.78, 5) is 13.3. The molecular weight excluding hydrogens is 244 g/mol. The van der Waals surface area contributed by atoms with E-state index in [0.717, 1.165) is 0 Å². The van der Waals surface area contributed by atoms with Crippen LogP contribution < -0.4 is 4.74 Å². The van der Waals surface area contributed by atoms with E-state index in [0.29, 0.717) is 31.1 Å². The number of carbonyl (C=O) groups excluding carboxylic acids is 1. The Bertz CT molecular complexity index is 437. The van der Waals surface area contributed by atoms with Gasteiger partial charge in [-0.25, -0.2) is 0 Å². The molecule has 0 radical (unpaired) electrons. The van der Waals surface area contributed by atoms with Crippen LogP contribution in [-0.4, -0.2) is 44.2 Å². The van der Waals surface area contributed by atoms with Gasteiger partial charge in [-0.2, -0.15) is 5.26 Å². The molecule has 0 N–H and O–H groups in total. The molecule has 0 aliphatic rings. The molecule has 5 heteroatoms. The van der Waals surface area contributed by atoms with E-state index in [-0.39, 0.29) is 12.5 Å². The summed E-state index contributed by atoms with van der Waals surface area (Å²) in [6.07, 6.45) is 0. The maximum Gasteiger partial charge on any atom is 0.260 e. The first-order chi connectivity index (χ1) is 9.17. The van der Waals surface area contributed by atoms with E-state index in [2.05, 4.69) is 0 Å². The van der Waals surface area contributed by atoms with Gasteiger partial charge < -0.3 is 14.4 Å². The molecule has 1 aromatic carbocycles. The van der Waals surface area contributed by atoms with Crippen LogP contribution in [0.15, 0.2) is 24.3 Å². The summed E-state index contributed by atoms with van der Waals surface area (Å²) in [5.41, 5.74) is 0.563. The van der Waals surface area contributed by atoms with Crippen LogP contribution in [0.4, 0.5) is 0 Å². The van der Waals surface area contributed by atoms with Gasteiger partial charge in [-0.05, 0) is 31.2 Å². The third-order valence-electron chi connectivity index (χ3n) is 2.55. The second-order valence-electron chi connectivity index (χ2n) is 3.94. The van der Waals surface area contributed by atoms with Crippen molar-refractivity contribution in [2.45, 2.75) is 6.92 Å². The highest BCUT2D eigenvalue weighted by Gasteiger charge is 2.09. The standard InChI is InChI=1S/C14H18N2O3/c1-3-18-9-8-16(2)14(17)11-19-13-6-4-12(10-15)5-7-13/h4-7H,3,8-9,11H2,1-2H3. The molecule has 19 heavy (non-hydrogen) atoms. The lowest BCUT2D eigenvalue weighted by molar-refractivity contribution is -0.132. The number of benzene rings is 1. The van der Waals surface area contributed by atoms with Crippen molar-refractivity contribution in [3.8, 4) is 11.8 Å². The fourth-order valence-electron chi connectivity index (χ4n) is 1.35. The highest BCUT2D eigenvalue weighted by molar-refractivity contribution is 5.77. The molecule has 1 rings (SSSR count). The number of nitrogens with zero attached hydrogens (tertiary/aromatic N) is 2. The Balaban J connectivity index is 2.34. The van der Waals surface area contributed by atoms with Crippen molar-refractivity contribution in [2.24, 2.45) is 0 Å². The summed E-state index contributed by atoms with van der Waals surface area (Å²) in [7, 11) is 1.71. The fourth-order valence-corrected chi connectivity index (χ4v) is 1.35. The first-order valence-electron chi connectivity index (χ1n) is 6.12. The molecule has 0 aliphatic heterocycles. The number of carbonyl (C=O) groups is 1. The molecule has 102 valence electrons. The summed E-state index contributed by atoms with van der Waals surface area (Å²) < 4.78 is 10.5. The van der Waals surface area contributed by atoms with E-state index >= 15 is 0 Å². The number of nitriles is 1. The Morgan fingerprint density at radius 3 is 2.63 bits per heavy atom. The van der Waals surface area contributed by atoms with Crippen molar-refractivity contribution in [1.82, 2.24) is 4.90 Å². The first kappa shape index (κ1) is 15.0. The Morgan fingerprint density at radius 1 is 1.37 bits per heavy atom. The number of hydrogen-bond donors (Lipinski definition) is 0. The molecule has 0 bridgehead atoms. The second-order valence-corrected chi connectivity index (χ2v) is 3.94. The molecule has 1 amide bonds. The fraction of sp³-hybridized carbons (Fsp3) is 0.429. The number of ether oxygens (including phenoxy) is 2. The number of likely N-dealkylation sites (N-methyl/N-ethyl adjacent to an activating group) is 1. The van der Waals surface area contributed by atoms with Gasteiger partial charge in [0.15, 0.2) is 6.61 Å². The zero-order valence-electron chi connectivity index (χ0n) is 11.3. The molecule has 1 aromatic rings. The third-order valence-corrected chi connectivity index (χ3v) is 2.55. The summed E-state index contributed by atoms with van der Waals surface area (Å²) in [6, 6.07) is 8.67. The van der Waals surface area contributed by atoms with Gasteiger partial charge in [0.25, 0.3) is 5.91 Å². The molecule has 5 nitrogen and oxygen atoms in total. The molecule has 0 aliphatic carbocycles. The van der Waals surface area contributed by atoms with Crippen LogP contribution in [0.5, 0.6) is 5.75 Å². The average molecular weight is 262 g/mol. The minimum absolute atomic E-state index is 0.0193. The smallest absolute Gasteiger partial charge is 0.260 e. The molecule has 0 aromatic heterocycles. The van der Waals surface area contributed by atoms with Crippen molar-refractivity contribution in [2.75, 3.05) is 33.4 Å². The largest absolute Gasteiger partial charge is 0.484 e. The molecule has 0 unspecified atom stereocenters. The van der Waals surface area contributed by atoms with E-state index in [1.54, 1.807) is 36.2 Å². The van der Waals surface area contributed by atoms with Crippen molar-refractivity contribution in [3.05, 3.63) is 29.8 Å². The maximum absolute atomic E-state index is 11.7. The monoisotopic (exact) mass is 262 g/mol. The van der Waals surface area contributed by atoms with E-state index in [9.17, 15) is 4.79 Å². The number of amides is 1. The van der Waals surface area contributed by atoms with Crippen LogP contribution in [0, 0.1) is 11.3 Å². The lowest BCUT2D eigenvalue weighted by Gasteiger charge is -2.17. The van der Waals surface area contributed by atoms with Gasteiger partial charge in [0.05, 0.1) is 18.2 Å². The molecule has 0 spiro atoms. The Hall–Kier alpha value is -2.06. The minimum Gasteiger partial charge on any atom is -0.484 e. The summed E-state index contributed by atoms with van der Waals surface area (Å²) in [5, 5.41) is 8.66. The van der Waals surface area contributed by atoms with Gasteiger partial charge in [0.2, 0.25) is 0 Å². The Kier molecular flexibility index (Phi) is 6.41. The highest BCUT2D eigenvalue weighted by Crippen LogP contribution is 2.11. The molecule has 0 saturated carbocycles. The van der Waals surface area contributed by atoms with Crippen molar-refractivity contribution < 1.29 is 14.3 Å². The highest BCUT2D eigenvalue weighted by atomic mass is 16.5. The SMILES string of the molecule is CCOCCN(C)C(=O)COc1ccc(C#N)cc1. The van der Waals surface area contributed by atoms with Gasteiger partial charge in [-0.1, -0.05) is 0 Å². The number of rotatable bonds is 7. The normalized spacial score (nSPS) is 9.74. The van der Waals surface area contributed by atoms with Crippen LogP contribution >= 0.6 is 0 Å². The lowest BCUT2D eigenvalue weighted by Crippen LogP contribution is -2.34. The van der Waals surface area contributed by atoms with Crippen LogP contribution in [0.3, 0.4) is 0 Å². The van der Waals surface area contributed by atoms with Crippen molar-refractivity contribution in [3.63, 3.8) is 0 Å². The molecule has 0 fully saturated rings.